The molecule has 37 heavy (non-hydrogen) atoms. The van der Waals surface area contributed by atoms with Crippen LogP contribution in [-0.2, 0) is 4.79 Å². The van der Waals surface area contributed by atoms with E-state index in [1.807, 2.05) is 6.08 Å². The van der Waals surface area contributed by atoms with Crippen LogP contribution in [0.1, 0.15) is 26.7 Å². The Labute approximate surface area is 216 Å². The third-order valence-corrected chi connectivity index (χ3v) is 7.04. The highest BCUT2D eigenvalue weighted by atomic mass is 19.1. The maximum absolute atomic E-state index is 15.0. The summed E-state index contributed by atoms with van der Waals surface area (Å²) in [5.41, 5.74) is 2.87. The largest absolute Gasteiger partial charge is 0.497 e. The molecular weight excluding hydrogens is 473 g/mol. The van der Waals surface area contributed by atoms with Crippen LogP contribution in [0.15, 0.2) is 68.7 Å². The van der Waals surface area contributed by atoms with E-state index in [0.29, 0.717) is 41.0 Å². The van der Waals surface area contributed by atoms with E-state index < -0.39 is 5.82 Å². The molecule has 4 heterocycles. The van der Waals surface area contributed by atoms with Crippen molar-refractivity contribution in [3.05, 3.63) is 59.3 Å². The monoisotopic (exact) mass is 505 g/mol. The van der Waals surface area contributed by atoms with Gasteiger partial charge in [-0.2, -0.15) is 10.2 Å². The number of nitrogens with zero attached hydrogens (tertiary/aromatic N) is 6. The number of hydrogen-bond acceptors (Lipinski definition) is 8. The molecule has 1 aromatic carbocycles. The smallest absolute Gasteiger partial charge is 0.259 e. The van der Waals surface area contributed by atoms with E-state index in [9.17, 15) is 4.79 Å². The van der Waals surface area contributed by atoms with Crippen molar-refractivity contribution in [1.29, 1.82) is 0 Å². The molecule has 0 atom stereocenters. The molecule has 5 rings (SSSR count). The first-order chi connectivity index (χ1) is 17.9. The van der Waals surface area contributed by atoms with Crippen LogP contribution < -0.4 is 15.1 Å². The van der Waals surface area contributed by atoms with Crippen molar-refractivity contribution >= 4 is 29.7 Å². The van der Waals surface area contributed by atoms with Crippen molar-refractivity contribution in [1.82, 2.24) is 15.2 Å². The number of hydrazone groups is 2. The number of rotatable bonds is 6. The van der Waals surface area contributed by atoms with Crippen LogP contribution in [0, 0.1) is 11.7 Å². The molecule has 0 unspecified atom stereocenters. The highest BCUT2D eigenvalue weighted by Gasteiger charge is 2.29. The molecule has 4 aliphatic rings. The summed E-state index contributed by atoms with van der Waals surface area (Å²) >= 11 is 0. The lowest BCUT2D eigenvalue weighted by atomic mass is 9.90. The second kappa shape index (κ2) is 10.7. The number of piperidine rings is 1. The molecule has 2 bridgehead atoms. The van der Waals surface area contributed by atoms with Crippen LogP contribution >= 0.6 is 0 Å². The molecule has 10 heteroatoms. The van der Waals surface area contributed by atoms with Gasteiger partial charge in [0.25, 0.3) is 5.91 Å². The van der Waals surface area contributed by atoms with Crippen LogP contribution in [0.5, 0.6) is 5.75 Å². The lowest BCUT2D eigenvalue weighted by Gasteiger charge is -2.36. The summed E-state index contributed by atoms with van der Waals surface area (Å²) in [4.78, 5) is 20.2. The fourth-order valence-electron chi connectivity index (χ4n) is 4.90. The standard InChI is InChI=1S/C27H32FN7O2/c1-18(2)33-11-7-19(8-12-33)24-13-20(16-35(32-24)26-6-5-21(37-3)14-23(26)28)31-27(36)22-15-30-34-10-4-9-29-25(22)17-34/h4-6,9-10,13-15,18-19H,7-8,11-12,16-17H2,1-3H3,(H,31,36). The highest BCUT2D eigenvalue weighted by molar-refractivity contribution is 6.14. The molecule has 4 aliphatic heterocycles. The van der Waals surface area contributed by atoms with Crippen molar-refractivity contribution in [2.24, 2.45) is 21.1 Å². The maximum atomic E-state index is 15.0. The first-order valence-corrected chi connectivity index (χ1v) is 12.6. The Balaban J connectivity index is 1.41. The Kier molecular flexibility index (Phi) is 7.18. The van der Waals surface area contributed by atoms with Crippen LogP contribution in [0.25, 0.3) is 0 Å². The number of amides is 1. The summed E-state index contributed by atoms with van der Waals surface area (Å²) in [7, 11) is 1.50. The Morgan fingerprint density at radius 1 is 1.22 bits per heavy atom. The van der Waals surface area contributed by atoms with Gasteiger partial charge in [-0.05, 0) is 64.1 Å². The zero-order valence-corrected chi connectivity index (χ0v) is 21.4. The summed E-state index contributed by atoms with van der Waals surface area (Å²) in [6.45, 7) is 7.01. The van der Waals surface area contributed by atoms with Gasteiger partial charge in [0.1, 0.15) is 5.75 Å². The first-order valence-electron chi connectivity index (χ1n) is 12.6. The molecule has 194 valence electrons. The summed E-state index contributed by atoms with van der Waals surface area (Å²) in [5.74, 6) is -0.0791. The van der Waals surface area contributed by atoms with Gasteiger partial charge in [0, 0.05) is 36.1 Å². The number of likely N-dealkylation sites (tertiary alicyclic amines) is 1. The van der Waals surface area contributed by atoms with Crippen LogP contribution in [0.2, 0.25) is 0 Å². The molecule has 1 fully saturated rings. The highest BCUT2D eigenvalue weighted by Crippen LogP contribution is 2.29. The summed E-state index contributed by atoms with van der Waals surface area (Å²) < 4.78 is 20.2. The zero-order chi connectivity index (χ0) is 25.9. The van der Waals surface area contributed by atoms with Crippen LogP contribution in [-0.4, -0.2) is 73.3 Å². The number of methoxy groups -OCH3 is 1. The van der Waals surface area contributed by atoms with Gasteiger partial charge in [0.15, 0.2) is 5.82 Å². The van der Waals surface area contributed by atoms with E-state index in [4.69, 9.17) is 9.84 Å². The molecule has 1 N–H and O–H groups in total. The number of hydrogen-bond donors (Lipinski definition) is 1. The number of halogens is 1. The third-order valence-electron chi connectivity index (χ3n) is 7.04. The van der Waals surface area contributed by atoms with Gasteiger partial charge >= 0.3 is 0 Å². The molecular formula is C27H32FN7O2. The summed E-state index contributed by atoms with van der Waals surface area (Å²) in [5, 5.41) is 15.5. The zero-order valence-electron chi connectivity index (χ0n) is 21.4. The van der Waals surface area contributed by atoms with E-state index in [1.165, 1.54) is 19.4 Å². The maximum Gasteiger partial charge on any atom is 0.259 e. The number of nitrogens with one attached hydrogen (secondary N) is 1. The molecule has 1 saturated heterocycles. The van der Waals surface area contributed by atoms with Crippen molar-refractivity contribution in [2.75, 3.05) is 38.3 Å². The molecule has 1 amide bonds. The molecule has 0 aromatic heterocycles. The minimum absolute atomic E-state index is 0.218. The Morgan fingerprint density at radius 2 is 2.03 bits per heavy atom. The second-order valence-corrected chi connectivity index (χ2v) is 9.75. The predicted molar refractivity (Wildman–Crippen MR) is 143 cm³/mol. The average Bonchev–Trinajstić information content (AvgIpc) is 3.09. The number of carbonyl (C=O) groups excluding carboxylic acids is 1. The predicted octanol–water partition coefficient (Wildman–Crippen LogP) is 3.28. The number of ether oxygens (including phenoxy) is 1. The van der Waals surface area contributed by atoms with Gasteiger partial charge in [-0.3, -0.25) is 19.8 Å². The minimum atomic E-state index is -0.436. The summed E-state index contributed by atoms with van der Waals surface area (Å²) in [6, 6.07) is 5.20. The Hall–Kier alpha value is -3.79. The second-order valence-electron chi connectivity index (χ2n) is 9.75. The van der Waals surface area contributed by atoms with Crippen LogP contribution in [0.3, 0.4) is 0 Å². The fourth-order valence-corrected chi connectivity index (χ4v) is 4.90. The van der Waals surface area contributed by atoms with E-state index in [2.05, 4.69) is 34.2 Å². The van der Waals surface area contributed by atoms with Gasteiger partial charge in [-0.15, -0.1) is 0 Å². The quantitative estimate of drug-likeness (QED) is 0.642. The molecule has 0 radical (unpaired) electrons. The Bertz CT molecular complexity index is 1240. The van der Waals surface area contributed by atoms with Gasteiger partial charge in [0.2, 0.25) is 0 Å². The lowest BCUT2D eigenvalue weighted by Crippen LogP contribution is -2.42. The number of fused-ring (bicyclic) bond motifs is 2. The molecule has 0 aliphatic carbocycles. The van der Waals surface area contributed by atoms with Gasteiger partial charge in [-0.25, -0.2) is 4.39 Å². The van der Waals surface area contributed by atoms with E-state index in [1.54, 1.807) is 40.6 Å². The number of benzene rings is 1. The molecule has 9 nitrogen and oxygen atoms in total. The van der Waals surface area contributed by atoms with E-state index >= 15 is 4.39 Å². The molecule has 0 spiro atoms. The minimum Gasteiger partial charge on any atom is -0.497 e. The van der Waals surface area contributed by atoms with Gasteiger partial charge < -0.3 is 15.0 Å². The number of anilines is 1. The lowest BCUT2D eigenvalue weighted by molar-refractivity contribution is -0.116. The third kappa shape index (κ3) is 5.48. The van der Waals surface area contributed by atoms with Crippen molar-refractivity contribution < 1.29 is 13.9 Å². The van der Waals surface area contributed by atoms with Crippen molar-refractivity contribution in [3.63, 3.8) is 0 Å². The van der Waals surface area contributed by atoms with Crippen molar-refractivity contribution in [3.8, 4) is 5.75 Å². The topological polar surface area (TPSA) is 85.1 Å². The SMILES string of the molecule is COc1ccc(N2CC(NC(=O)C3=C4CN(C=CC=N4)N=C3)=CC(C3CCN(C(C)C)CC3)=N2)c(F)c1. The number of aliphatic imine (C=N–C) groups is 1. The number of carbonyl (C=O) groups is 1. The van der Waals surface area contributed by atoms with Gasteiger partial charge in [-0.1, -0.05) is 0 Å². The normalized spacial score (nSPS) is 20.2. The number of allylic oxidation sites excluding steroid dienone is 2. The van der Waals surface area contributed by atoms with E-state index in [-0.39, 0.29) is 18.4 Å². The average molecular weight is 506 g/mol. The Morgan fingerprint density at radius 3 is 2.76 bits per heavy atom. The van der Waals surface area contributed by atoms with Crippen LogP contribution in [0.4, 0.5) is 10.1 Å². The van der Waals surface area contributed by atoms with Gasteiger partial charge in [0.05, 0.1) is 49.1 Å². The van der Waals surface area contributed by atoms with Crippen molar-refractivity contribution in [2.45, 2.75) is 32.7 Å². The summed E-state index contributed by atoms with van der Waals surface area (Å²) in [6.07, 6.45) is 10.6. The van der Waals surface area contributed by atoms with E-state index in [0.717, 1.165) is 31.6 Å². The fraction of sp³-hybridized carbons (Fsp3) is 0.407. The first kappa shape index (κ1) is 24.9. The molecule has 1 aromatic rings. The molecule has 0 saturated carbocycles.